The highest BCUT2D eigenvalue weighted by Crippen LogP contribution is 2.15. The van der Waals surface area contributed by atoms with Gasteiger partial charge in [-0.05, 0) is 45.7 Å². The van der Waals surface area contributed by atoms with Gasteiger partial charge in [-0.1, -0.05) is 13.8 Å². The molecule has 0 saturated carbocycles. The molecule has 1 heterocycles. The number of rotatable bonds is 9. The number of likely N-dealkylation sites (N-methyl/N-ethyl adjacent to an activating group) is 1. The summed E-state index contributed by atoms with van der Waals surface area (Å²) in [5.41, 5.74) is -0.786. The van der Waals surface area contributed by atoms with Gasteiger partial charge in [0.1, 0.15) is 5.54 Å². The van der Waals surface area contributed by atoms with Crippen molar-refractivity contribution in [2.45, 2.75) is 58.1 Å². The van der Waals surface area contributed by atoms with Crippen LogP contribution >= 0.6 is 0 Å². The van der Waals surface area contributed by atoms with Crippen molar-refractivity contribution in [1.82, 2.24) is 10.2 Å². The molecule has 1 aliphatic rings. The molecule has 0 aromatic rings. The molecule has 2 N–H and O–H groups in total. The third-order valence-corrected chi connectivity index (χ3v) is 4.12. The van der Waals surface area contributed by atoms with Gasteiger partial charge in [0.15, 0.2) is 0 Å². The summed E-state index contributed by atoms with van der Waals surface area (Å²) in [6.45, 7) is 10.4. The summed E-state index contributed by atoms with van der Waals surface area (Å²) < 4.78 is 5.65. The first-order valence-corrected chi connectivity index (χ1v) is 7.84. The molecule has 0 amide bonds. The summed E-state index contributed by atoms with van der Waals surface area (Å²) in [4.78, 5) is 13.7. The number of nitrogens with zero attached hydrogens (tertiary/aromatic N) is 1. The van der Waals surface area contributed by atoms with E-state index in [2.05, 4.69) is 17.1 Å². The van der Waals surface area contributed by atoms with E-state index in [0.29, 0.717) is 19.1 Å². The topological polar surface area (TPSA) is 61.8 Å². The Morgan fingerprint density at radius 2 is 2.20 bits per heavy atom. The second-order valence-corrected chi connectivity index (χ2v) is 5.83. The van der Waals surface area contributed by atoms with Gasteiger partial charge in [0.25, 0.3) is 0 Å². The molecule has 0 aromatic heterocycles. The van der Waals surface area contributed by atoms with Crippen LogP contribution < -0.4 is 5.32 Å². The van der Waals surface area contributed by atoms with Crippen LogP contribution in [0.15, 0.2) is 0 Å². The van der Waals surface area contributed by atoms with Gasteiger partial charge in [-0.15, -0.1) is 0 Å². The zero-order valence-corrected chi connectivity index (χ0v) is 13.2. The Labute approximate surface area is 122 Å². The van der Waals surface area contributed by atoms with Crippen LogP contribution in [0.1, 0.15) is 46.5 Å². The Balaban J connectivity index is 2.24. The van der Waals surface area contributed by atoms with E-state index in [1.54, 1.807) is 6.92 Å². The minimum atomic E-state index is -0.786. The fraction of sp³-hybridized carbons (Fsp3) is 0.933. The fourth-order valence-corrected chi connectivity index (χ4v) is 2.71. The Bertz CT molecular complexity index is 299. The molecule has 0 aromatic carbocycles. The van der Waals surface area contributed by atoms with E-state index in [1.807, 2.05) is 6.92 Å². The normalized spacial score (nSPS) is 23.4. The van der Waals surface area contributed by atoms with E-state index in [0.717, 1.165) is 45.5 Å². The minimum absolute atomic E-state index is 0.370. The summed E-state index contributed by atoms with van der Waals surface area (Å²) >= 11 is 0. The molecule has 1 saturated heterocycles. The molecule has 0 spiro atoms. The van der Waals surface area contributed by atoms with Crippen LogP contribution in [0.5, 0.6) is 0 Å². The van der Waals surface area contributed by atoms with E-state index in [1.165, 1.54) is 0 Å². The van der Waals surface area contributed by atoms with Gasteiger partial charge < -0.3 is 15.2 Å². The summed E-state index contributed by atoms with van der Waals surface area (Å²) in [6.07, 6.45) is 4.09. The second-order valence-electron chi connectivity index (χ2n) is 5.83. The Kier molecular flexibility index (Phi) is 7.48. The maximum absolute atomic E-state index is 11.3. The number of carboxylic acids is 1. The van der Waals surface area contributed by atoms with Crippen molar-refractivity contribution < 1.29 is 14.6 Å². The molecule has 2 atom stereocenters. The number of aliphatic carboxylic acids is 1. The molecule has 1 rings (SSSR count). The average molecular weight is 286 g/mol. The van der Waals surface area contributed by atoms with Gasteiger partial charge in [-0.3, -0.25) is 9.69 Å². The zero-order chi connectivity index (χ0) is 15.0. The number of carboxylic acid groups (broad SMARTS) is 1. The number of carbonyl (C=O) groups is 1. The highest BCUT2D eigenvalue weighted by molar-refractivity contribution is 5.78. The molecule has 5 nitrogen and oxygen atoms in total. The van der Waals surface area contributed by atoms with E-state index in [4.69, 9.17) is 4.74 Å². The highest BCUT2D eigenvalue weighted by atomic mass is 16.5. The van der Waals surface area contributed by atoms with Crippen molar-refractivity contribution in [3.8, 4) is 0 Å². The molecule has 1 fully saturated rings. The lowest BCUT2D eigenvalue weighted by Crippen LogP contribution is -2.49. The third-order valence-electron chi connectivity index (χ3n) is 4.12. The van der Waals surface area contributed by atoms with Gasteiger partial charge in [-0.2, -0.15) is 0 Å². The first-order chi connectivity index (χ1) is 9.51. The quantitative estimate of drug-likeness (QED) is 0.632. The van der Waals surface area contributed by atoms with Gasteiger partial charge in [0.05, 0.1) is 12.7 Å². The van der Waals surface area contributed by atoms with Gasteiger partial charge in [0, 0.05) is 13.1 Å². The highest BCUT2D eigenvalue weighted by Gasteiger charge is 2.31. The van der Waals surface area contributed by atoms with Crippen LogP contribution in [0.3, 0.4) is 0 Å². The Hall–Kier alpha value is -0.650. The number of unbranched alkanes of at least 4 members (excludes halogenated alkanes) is 1. The van der Waals surface area contributed by atoms with Gasteiger partial charge in [-0.25, -0.2) is 0 Å². The van der Waals surface area contributed by atoms with Crippen LogP contribution in [-0.4, -0.2) is 60.4 Å². The van der Waals surface area contributed by atoms with Crippen molar-refractivity contribution in [3.05, 3.63) is 0 Å². The standard InChI is InChI=1S/C15H30N2O3/c1-4-13-12-17(10-11-20-13)9-7-6-8-15(3,14(18)19)16-5-2/h13,16H,4-12H2,1-3H3,(H,18,19). The first-order valence-electron chi connectivity index (χ1n) is 7.84. The van der Waals surface area contributed by atoms with Crippen LogP contribution in [0, 0.1) is 0 Å². The average Bonchev–Trinajstić information content (AvgIpc) is 2.44. The van der Waals surface area contributed by atoms with Crippen molar-refractivity contribution >= 4 is 5.97 Å². The van der Waals surface area contributed by atoms with E-state index >= 15 is 0 Å². The number of hydrogen-bond donors (Lipinski definition) is 2. The first kappa shape index (κ1) is 17.4. The number of nitrogens with one attached hydrogen (secondary N) is 1. The molecule has 5 heteroatoms. The largest absolute Gasteiger partial charge is 0.480 e. The lowest BCUT2D eigenvalue weighted by molar-refractivity contribution is -0.144. The summed E-state index contributed by atoms with van der Waals surface area (Å²) in [5.74, 6) is -0.753. The van der Waals surface area contributed by atoms with Crippen LogP contribution in [0.4, 0.5) is 0 Å². The number of morpholine rings is 1. The SMILES string of the molecule is CCNC(C)(CCCCN1CCOC(CC)C1)C(=O)O. The fourth-order valence-electron chi connectivity index (χ4n) is 2.71. The van der Waals surface area contributed by atoms with Crippen molar-refractivity contribution in [1.29, 1.82) is 0 Å². The number of ether oxygens (including phenoxy) is 1. The van der Waals surface area contributed by atoms with Crippen molar-refractivity contribution in [2.75, 3.05) is 32.8 Å². The monoisotopic (exact) mass is 286 g/mol. The van der Waals surface area contributed by atoms with Crippen LogP contribution in [-0.2, 0) is 9.53 Å². The molecule has 0 radical (unpaired) electrons. The molecular weight excluding hydrogens is 256 g/mol. The third kappa shape index (κ3) is 5.38. The van der Waals surface area contributed by atoms with E-state index < -0.39 is 11.5 Å². The molecule has 2 unspecified atom stereocenters. The molecule has 118 valence electrons. The minimum Gasteiger partial charge on any atom is -0.480 e. The molecular formula is C15H30N2O3. The molecule has 20 heavy (non-hydrogen) atoms. The number of hydrogen-bond acceptors (Lipinski definition) is 4. The van der Waals surface area contributed by atoms with Crippen molar-refractivity contribution in [3.63, 3.8) is 0 Å². The van der Waals surface area contributed by atoms with Gasteiger partial charge >= 0.3 is 5.97 Å². The lowest BCUT2D eigenvalue weighted by Gasteiger charge is -2.32. The zero-order valence-electron chi connectivity index (χ0n) is 13.2. The lowest BCUT2D eigenvalue weighted by atomic mass is 9.94. The Morgan fingerprint density at radius 1 is 1.45 bits per heavy atom. The summed E-state index contributed by atoms with van der Waals surface area (Å²) in [6, 6.07) is 0. The maximum Gasteiger partial charge on any atom is 0.323 e. The molecule has 0 bridgehead atoms. The maximum atomic E-state index is 11.3. The van der Waals surface area contributed by atoms with E-state index in [9.17, 15) is 9.90 Å². The van der Waals surface area contributed by atoms with Gasteiger partial charge in [0.2, 0.25) is 0 Å². The predicted octanol–water partition coefficient (Wildman–Crippen LogP) is 1.72. The van der Waals surface area contributed by atoms with E-state index in [-0.39, 0.29) is 0 Å². The second kappa shape index (κ2) is 8.60. The molecule has 1 aliphatic heterocycles. The van der Waals surface area contributed by atoms with Crippen LogP contribution in [0.2, 0.25) is 0 Å². The Morgan fingerprint density at radius 3 is 2.80 bits per heavy atom. The smallest absolute Gasteiger partial charge is 0.323 e. The van der Waals surface area contributed by atoms with Crippen molar-refractivity contribution in [2.24, 2.45) is 0 Å². The molecule has 0 aliphatic carbocycles. The van der Waals surface area contributed by atoms with Crippen LogP contribution in [0.25, 0.3) is 0 Å². The summed E-state index contributed by atoms with van der Waals surface area (Å²) in [7, 11) is 0. The predicted molar refractivity (Wildman–Crippen MR) is 80.0 cm³/mol. The summed E-state index contributed by atoms with van der Waals surface area (Å²) in [5, 5.41) is 12.4.